The van der Waals surface area contributed by atoms with Crippen molar-refractivity contribution < 1.29 is 27.8 Å². The Hall–Kier alpha value is -4.38. The van der Waals surface area contributed by atoms with Gasteiger partial charge in [0.05, 0.1) is 36.1 Å². The summed E-state index contributed by atoms with van der Waals surface area (Å²) in [5, 5.41) is 12.2. The molecule has 1 unspecified atom stereocenters. The van der Waals surface area contributed by atoms with Crippen molar-refractivity contribution in [1.29, 1.82) is 0 Å². The minimum atomic E-state index is -4.04. The average Bonchev–Trinajstić information content (AvgIpc) is 2.88. The zero-order valence-electron chi connectivity index (χ0n) is 20.4. The number of para-hydroxylation sites is 2. The maximum Gasteiger partial charge on any atom is 0.306 e. The van der Waals surface area contributed by atoms with Gasteiger partial charge in [0.1, 0.15) is 11.5 Å². The molecule has 11 heteroatoms. The Labute approximate surface area is 214 Å². The second-order valence-electron chi connectivity index (χ2n) is 8.33. The molecule has 0 aliphatic carbocycles. The largest absolute Gasteiger partial charge is 0.497 e. The van der Waals surface area contributed by atoms with E-state index in [-0.39, 0.29) is 23.0 Å². The summed E-state index contributed by atoms with van der Waals surface area (Å²) in [7, 11) is -0.984. The molecule has 0 aliphatic heterocycles. The molecule has 1 heterocycles. The van der Waals surface area contributed by atoms with E-state index in [0.29, 0.717) is 33.8 Å². The first-order chi connectivity index (χ1) is 17.7. The fraction of sp³-hybridized carbons (Fsp3) is 0.192. The van der Waals surface area contributed by atoms with E-state index in [1.54, 1.807) is 55.5 Å². The number of rotatable bonds is 10. The molecule has 0 bridgehead atoms. The summed E-state index contributed by atoms with van der Waals surface area (Å²) in [6, 6.07) is 18.3. The number of aliphatic carboxylic acids is 1. The summed E-state index contributed by atoms with van der Waals surface area (Å²) in [5.41, 5.74) is 2.35. The summed E-state index contributed by atoms with van der Waals surface area (Å²) in [6.07, 6.45) is 0.289. The number of carboxylic acid groups (broad SMARTS) is 1. The highest BCUT2D eigenvalue weighted by Crippen LogP contribution is 2.31. The molecule has 10 nitrogen and oxygen atoms in total. The van der Waals surface area contributed by atoms with Gasteiger partial charge >= 0.3 is 5.97 Å². The van der Waals surface area contributed by atoms with E-state index in [9.17, 15) is 13.2 Å². The number of sulfonamides is 1. The van der Waals surface area contributed by atoms with Crippen molar-refractivity contribution in [3.05, 3.63) is 72.3 Å². The Morgan fingerprint density at radius 1 is 0.919 bits per heavy atom. The van der Waals surface area contributed by atoms with E-state index in [2.05, 4.69) is 20.0 Å². The van der Waals surface area contributed by atoms with Crippen molar-refractivity contribution in [3.63, 3.8) is 0 Å². The van der Waals surface area contributed by atoms with Gasteiger partial charge in [0.2, 0.25) is 0 Å². The number of hydrogen-bond donors (Lipinski definition) is 3. The zero-order valence-corrected chi connectivity index (χ0v) is 21.2. The molecule has 4 rings (SSSR count). The second kappa shape index (κ2) is 10.7. The smallest absolute Gasteiger partial charge is 0.306 e. The molecule has 0 spiro atoms. The van der Waals surface area contributed by atoms with Gasteiger partial charge in [-0.2, -0.15) is 0 Å². The summed E-state index contributed by atoms with van der Waals surface area (Å²) in [4.78, 5) is 20.2. The number of ether oxygens (including phenoxy) is 2. The van der Waals surface area contributed by atoms with Crippen LogP contribution in [0.4, 0.5) is 17.3 Å². The number of hydrogen-bond acceptors (Lipinski definition) is 8. The van der Waals surface area contributed by atoms with Crippen LogP contribution in [0.5, 0.6) is 11.5 Å². The minimum absolute atomic E-state index is 0.00295. The van der Waals surface area contributed by atoms with Gasteiger partial charge in [0.25, 0.3) is 10.0 Å². The molecular formula is C26H26N4O6S. The van der Waals surface area contributed by atoms with Gasteiger partial charge in [-0.1, -0.05) is 31.2 Å². The number of benzene rings is 3. The van der Waals surface area contributed by atoms with Gasteiger partial charge in [-0.15, -0.1) is 0 Å². The average molecular weight is 523 g/mol. The normalized spacial score (nSPS) is 12.1. The summed E-state index contributed by atoms with van der Waals surface area (Å²) in [6.45, 7) is 1.60. The number of carboxylic acids is 1. The maximum atomic E-state index is 13.2. The van der Waals surface area contributed by atoms with E-state index in [0.717, 1.165) is 0 Å². The lowest BCUT2D eigenvalue weighted by Gasteiger charge is -2.15. The number of nitrogens with one attached hydrogen (secondary N) is 2. The summed E-state index contributed by atoms with van der Waals surface area (Å²) < 4.78 is 39.7. The molecule has 37 heavy (non-hydrogen) atoms. The zero-order chi connectivity index (χ0) is 26.6. The lowest BCUT2D eigenvalue weighted by molar-refractivity contribution is -0.141. The standard InChI is InChI=1S/C26H26N4O6S/c1-16(26(31)32)12-17-8-10-21(11-9-17)37(33,34)30-25-24(28-22-6-4-5-7-23(22)29-25)27-18-13-19(35-2)15-20(14-18)36-3/h4-11,13-16H,12H2,1-3H3,(H,27,28)(H,29,30)(H,31,32). The van der Waals surface area contributed by atoms with E-state index < -0.39 is 21.9 Å². The van der Waals surface area contributed by atoms with Crippen molar-refractivity contribution in [1.82, 2.24) is 9.97 Å². The third kappa shape index (κ3) is 6.07. The highest BCUT2D eigenvalue weighted by molar-refractivity contribution is 7.92. The second-order valence-corrected chi connectivity index (χ2v) is 10.0. The number of nitrogens with zero attached hydrogens (tertiary/aromatic N) is 2. The first-order valence-corrected chi connectivity index (χ1v) is 12.8. The molecule has 1 atom stereocenters. The molecule has 3 aromatic carbocycles. The molecule has 1 aromatic heterocycles. The Bertz CT molecular complexity index is 1520. The van der Waals surface area contributed by atoms with E-state index in [1.165, 1.54) is 26.4 Å². The third-order valence-electron chi connectivity index (χ3n) is 5.61. The highest BCUT2D eigenvalue weighted by atomic mass is 32.2. The van der Waals surface area contributed by atoms with Crippen molar-refractivity contribution >= 4 is 44.3 Å². The quantitative estimate of drug-likeness (QED) is 0.275. The first kappa shape index (κ1) is 25.7. The molecule has 0 radical (unpaired) electrons. The number of anilines is 3. The molecule has 0 saturated carbocycles. The third-order valence-corrected chi connectivity index (χ3v) is 6.97. The van der Waals surface area contributed by atoms with E-state index in [1.807, 2.05) is 6.07 Å². The molecule has 0 fully saturated rings. The van der Waals surface area contributed by atoms with Crippen LogP contribution in [0.2, 0.25) is 0 Å². The van der Waals surface area contributed by atoms with Crippen LogP contribution >= 0.6 is 0 Å². The van der Waals surface area contributed by atoms with Crippen molar-refractivity contribution in [2.45, 2.75) is 18.2 Å². The maximum absolute atomic E-state index is 13.2. The van der Waals surface area contributed by atoms with Crippen LogP contribution in [0, 0.1) is 5.92 Å². The van der Waals surface area contributed by atoms with Gasteiger partial charge in [0, 0.05) is 23.9 Å². The van der Waals surface area contributed by atoms with Crippen LogP contribution < -0.4 is 19.5 Å². The Morgan fingerprint density at radius 3 is 2.03 bits per heavy atom. The van der Waals surface area contributed by atoms with E-state index in [4.69, 9.17) is 14.6 Å². The number of methoxy groups -OCH3 is 2. The molecule has 3 N–H and O–H groups in total. The van der Waals surface area contributed by atoms with Gasteiger partial charge < -0.3 is 19.9 Å². The molecule has 0 amide bonds. The van der Waals surface area contributed by atoms with Crippen LogP contribution in [-0.2, 0) is 21.2 Å². The lowest BCUT2D eigenvalue weighted by atomic mass is 10.0. The van der Waals surface area contributed by atoms with Gasteiger partial charge in [-0.3, -0.25) is 9.52 Å². The SMILES string of the molecule is COc1cc(Nc2nc3ccccc3nc2NS(=O)(=O)c2ccc(CC(C)C(=O)O)cc2)cc(OC)c1. The number of carbonyl (C=O) groups is 1. The fourth-order valence-electron chi connectivity index (χ4n) is 3.61. The first-order valence-electron chi connectivity index (χ1n) is 11.3. The molecular weight excluding hydrogens is 496 g/mol. The predicted molar refractivity (Wildman–Crippen MR) is 140 cm³/mol. The Balaban J connectivity index is 1.68. The van der Waals surface area contributed by atoms with Gasteiger partial charge in [-0.05, 0) is 36.2 Å². The van der Waals surface area contributed by atoms with Crippen LogP contribution in [0.15, 0.2) is 71.6 Å². The number of fused-ring (bicyclic) bond motifs is 1. The Kier molecular flexibility index (Phi) is 7.44. The lowest BCUT2D eigenvalue weighted by Crippen LogP contribution is -2.16. The van der Waals surface area contributed by atoms with Gasteiger partial charge in [0.15, 0.2) is 11.6 Å². The molecule has 0 saturated heterocycles. The highest BCUT2D eigenvalue weighted by Gasteiger charge is 2.20. The predicted octanol–water partition coefficient (Wildman–Crippen LogP) is 4.45. The monoisotopic (exact) mass is 522 g/mol. The van der Waals surface area contributed by atoms with Crippen molar-refractivity contribution in [2.24, 2.45) is 5.92 Å². The fourth-order valence-corrected chi connectivity index (χ4v) is 4.62. The van der Waals surface area contributed by atoms with Crippen LogP contribution in [0.1, 0.15) is 12.5 Å². The molecule has 192 valence electrons. The van der Waals surface area contributed by atoms with Crippen LogP contribution in [0.25, 0.3) is 11.0 Å². The molecule has 4 aromatic rings. The van der Waals surface area contributed by atoms with Crippen molar-refractivity contribution in [2.75, 3.05) is 24.3 Å². The van der Waals surface area contributed by atoms with Crippen LogP contribution in [0.3, 0.4) is 0 Å². The molecule has 0 aliphatic rings. The van der Waals surface area contributed by atoms with Crippen molar-refractivity contribution in [3.8, 4) is 11.5 Å². The topological polar surface area (TPSA) is 140 Å². The number of aromatic nitrogens is 2. The van der Waals surface area contributed by atoms with Crippen LogP contribution in [-0.4, -0.2) is 43.7 Å². The van der Waals surface area contributed by atoms with Gasteiger partial charge in [-0.25, -0.2) is 18.4 Å². The summed E-state index contributed by atoms with van der Waals surface area (Å²) in [5.74, 6) is -0.238. The summed E-state index contributed by atoms with van der Waals surface area (Å²) >= 11 is 0. The minimum Gasteiger partial charge on any atom is -0.497 e. The Morgan fingerprint density at radius 2 is 1.49 bits per heavy atom. The van der Waals surface area contributed by atoms with E-state index >= 15 is 0 Å².